The third kappa shape index (κ3) is 2.45. The normalized spacial score (nSPS) is 10.4. The van der Waals surface area contributed by atoms with Crippen molar-refractivity contribution in [2.45, 2.75) is 13.5 Å². The molecule has 0 aliphatic carbocycles. The number of carbonyl (C=O) groups excluding carboxylic acids is 1. The number of aryl methyl sites for hydroxylation is 1. The first kappa shape index (κ1) is 10.8. The van der Waals surface area contributed by atoms with Crippen LogP contribution in [-0.2, 0) is 11.3 Å². The molecule has 0 atom stereocenters. The first-order valence-corrected chi connectivity index (χ1v) is 5.28. The van der Waals surface area contributed by atoms with Crippen LogP contribution in [0.25, 0.3) is 0 Å². The Morgan fingerprint density at radius 2 is 2.19 bits per heavy atom. The summed E-state index contributed by atoms with van der Waals surface area (Å²) in [6.07, 6.45) is 4.56. The average Bonchev–Trinajstić information content (AvgIpc) is 2.78. The molecule has 2 aromatic heterocycles. The Labute approximate surface area is 99.6 Å². The second-order valence-corrected chi connectivity index (χ2v) is 4.02. The predicted molar refractivity (Wildman–Crippen MR) is 59.1 cm³/mol. The van der Waals surface area contributed by atoms with Crippen molar-refractivity contribution in [1.29, 1.82) is 0 Å². The molecule has 1 N–H and O–H groups in total. The van der Waals surface area contributed by atoms with Gasteiger partial charge in [0.25, 0.3) is 5.91 Å². The van der Waals surface area contributed by atoms with Gasteiger partial charge in [0, 0.05) is 6.20 Å². The quantitative estimate of drug-likeness (QED) is 0.880. The molecule has 0 saturated carbocycles. The molecule has 0 radical (unpaired) electrons. The number of nitrogens with zero attached hydrogens (tertiary/aromatic N) is 5. The Kier molecular flexibility index (Phi) is 3.00. The van der Waals surface area contributed by atoms with Gasteiger partial charge in [0.2, 0.25) is 0 Å². The number of carbonyl (C=O) groups is 1. The maximum Gasteiger partial charge on any atom is 0.260 e. The summed E-state index contributed by atoms with van der Waals surface area (Å²) < 4.78 is 3.82. The highest BCUT2D eigenvalue weighted by molar-refractivity contribution is 9.10. The van der Waals surface area contributed by atoms with Crippen LogP contribution in [0.15, 0.2) is 23.3 Å². The van der Waals surface area contributed by atoms with E-state index in [1.54, 1.807) is 10.9 Å². The van der Waals surface area contributed by atoms with Gasteiger partial charge >= 0.3 is 0 Å². The molecule has 7 nitrogen and oxygen atoms in total. The fraction of sp³-hybridized carbons (Fsp3) is 0.250. The number of nitrogens with one attached hydrogen (secondary N) is 1. The SMILES string of the molecule is Cc1nn(CC(=O)Nn2cnnc2)cc1Br. The summed E-state index contributed by atoms with van der Waals surface area (Å²) >= 11 is 3.33. The molecule has 0 spiro atoms. The smallest absolute Gasteiger partial charge is 0.260 e. The van der Waals surface area contributed by atoms with E-state index in [4.69, 9.17) is 0 Å². The number of aromatic nitrogens is 5. The van der Waals surface area contributed by atoms with E-state index in [0.29, 0.717) is 0 Å². The standard InChI is InChI=1S/C8H9BrN6O/c1-6-7(9)2-14(12-6)3-8(16)13-15-4-10-11-5-15/h2,4-5H,3H2,1H3,(H,13,16). The molecule has 8 heteroatoms. The predicted octanol–water partition coefficient (Wildman–Crippen LogP) is 0.316. The van der Waals surface area contributed by atoms with E-state index in [9.17, 15) is 4.79 Å². The number of amides is 1. The second kappa shape index (κ2) is 4.44. The van der Waals surface area contributed by atoms with Gasteiger partial charge in [-0.15, -0.1) is 10.2 Å². The zero-order chi connectivity index (χ0) is 11.5. The molecule has 2 rings (SSSR count). The van der Waals surface area contributed by atoms with Gasteiger partial charge in [-0.1, -0.05) is 0 Å². The third-order valence-corrected chi connectivity index (χ3v) is 2.64. The fourth-order valence-corrected chi connectivity index (χ4v) is 1.48. The van der Waals surface area contributed by atoms with Gasteiger partial charge < -0.3 is 0 Å². The van der Waals surface area contributed by atoms with E-state index in [-0.39, 0.29) is 12.5 Å². The minimum absolute atomic E-state index is 0.143. The average molecular weight is 285 g/mol. The molecule has 2 heterocycles. The van der Waals surface area contributed by atoms with Crippen LogP contribution in [0.5, 0.6) is 0 Å². The van der Waals surface area contributed by atoms with E-state index in [1.807, 2.05) is 6.92 Å². The summed E-state index contributed by atoms with van der Waals surface area (Å²) in [7, 11) is 0. The Hall–Kier alpha value is -1.70. The minimum atomic E-state index is -0.199. The molecule has 84 valence electrons. The van der Waals surface area contributed by atoms with Gasteiger partial charge in [0.05, 0.1) is 10.2 Å². The summed E-state index contributed by atoms with van der Waals surface area (Å²) in [5, 5.41) is 11.3. The molecule has 0 aliphatic heterocycles. The van der Waals surface area contributed by atoms with Crippen LogP contribution >= 0.6 is 15.9 Å². The van der Waals surface area contributed by atoms with Crippen molar-refractivity contribution in [3.05, 3.63) is 29.0 Å². The van der Waals surface area contributed by atoms with Crippen LogP contribution in [0.4, 0.5) is 0 Å². The van der Waals surface area contributed by atoms with Crippen molar-refractivity contribution in [3.8, 4) is 0 Å². The largest absolute Gasteiger partial charge is 0.271 e. The first-order valence-electron chi connectivity index (χ1n) is 4.49. The number of hydrogen-bond donors (Lipinski definition) is 1. The van der Waals surface area contributed by atoms with E-state index in [0.717, 1.165) is 10.2 Å². The topological polar surface area (TPSA) is 77.6 Å². The van der Waals surface area contributed by atoms with Crippen molar-refractivity contribution in [3.63, 3.8) is 0 Å². The van der Waals surface area contributed by atoms with Crippen molar-refractivity contribution >= 4 is 21.8 Å². The summed E-state index contributed by atoms with van der Waals surface area (Å²) in [6.45, 7) is 2.00. The monoisotopic (exact) mass is 284 g/mol. The molecule has 1 amide bonds. The molecule has 0 aliphatic rings. The lowest BCUT2D eigenvalue weighted by Gasteiger charge is -2.03. The maximum absolute atomic E-state index is 11.5. The minimum Gasteiger partial charge on any atom is -0.271 e. The molecule has 2 aromatic rings. The van der Waals surface area contributed by atoms with Gasteiger partial charge in [-0.25, -0.2) is 4.68 Å². The van der Waals surface area contributed by atoms with Gasteiger partial charge in [0.1, 0.15) is 19.2 Å². The molecular formula is C8H9BrN6O. The molecule has 0 saturated heterocycles. The molecule has 0 fully saturated rings. The van der Waals surface area contributed by atoms with Crippen molar-refractivity contribution < 1.29 is 4.79 Å². The van der Waals surface area contributed by atoms with E-state index in [2.05, 4.69) is 36.7 Å². The van der Waals surface area contributed by atoms with Crippen LogP contribution < -0.4 is 5.43 Å². The zero-order valence-corrected chi connectivity index (χ0v) is 10.0. The Balaban J connectivity index is 1.97. The van der Waals surface area contributed by atoms with Crippen LogP contribution in [-0.4, -0.2) is 30.6 Å². The molecular weight excluding hydrogens is 276 g/mol. The summed E-state index contributed by atoms with van der Waals surface area (Å²) in [6, 6.07) is 0. The Morgan fingerprint density at radius 3 is 2.75 bits per heavy atom. The zero-order valence-electron chi connectivity index (χ0n) is 8.46. The van der Waals surface area contributed by atoms with E-state index < -0.39 is 0 Å². The van der Waals surface area contributed by atoms with Crippen molar-refractivity contribution in [2.75, 3.05) is 5.43 Å². The van der Waals surface area contributed by atoms with Crippen molar-refractivity contribution in [1.82, 2.24) is 24.7 Å². The highest BCUT2D eigenvalue weighted by Gasteiger charge is 2.06. The van der Waals surface area contributed by atoms with Crippen LogP contribution in [0.2, 0.25) is 0 Å². The number of rotatable bonds is 3. The molecule has 0 bridgehead atoms. The van der Waals surface area contributed by atoms with Crippen molar-refractivity contribution in [2.24, 2.45) is 0 Å². The van der Waals surface area contributed by atoms with Gasteiger partial charge in [-0.3, -0.25) is 14.9 Å². The summed E-state index contributed by atoms with van der Waals surface area (Å²) in [4.78, 5) is 11.5. The van der Waals surface area contributed by atoms with Gasteiger partial charge in [-0.2, -0.15) is 5.10 Å². The lowest BCUT2D eigenvalue weighted by Crippen LogP contribution is -2.25. The van der Waals surface area contributed by atoms with E-state index in [1.165, 1.54) is 17.3 Å². The Bertz CT molecular complexity index is 471. The van der Waals surface area contributed by atoms with Gasteiger partial charge in [-0.05, 0) is 22.9 Å². The van der Waals surface area contributed by atoms with Crippen LogP contribution in [0, 0.1) is 6.92 Å². The second-order valence-electron chi connectivity index (χ2n) is 3.16. The highest BCUT2D eigenvalue weighted by atomic mass is 79.9. The number of hydrogen-bond acceptors (Lipinski definition) is 4. The maximum atomic E-state index is 11.5. The highest BCUT2D eigenvalue weighted by Crippen LogP contribution is 2.12. The molecule has 16 heavy (non-hydrogen) atoms. The summed E-state index contributed by atoms with van der Waals surface area (Å²) in [5.74, 6) is -0.199. The van der Waals surface area contributed by atoms with Crippen LogP contribution in [0.1, 0.15) is 5.69 Å². The van der Waals surface area contributed by atoms with Gasteiger partial charge in [0.15, 0.2) is 0 Å². The van der Waals surface area contributed by atoms with E-state index >= 15 is 0 Å². The lowest BCUT2D eigenvalue weighted by molar-refractivity contribution is -0.117. The first-order chi connectivity index (χ1) is 7.65. The summed E-state index contributed by atoms with van der Waals surface area (Å²) in [5.41, 5.74) is 3.42. The fourth-order valence-electron chi connectivity index (χ4n) is 1.16. The third-order valence-electron chi connectivity index (χ3n) is 1.86. The lowest BCUT2D eigenvalue weighted by atomic mass is 10.5. The molecule has 0 unspecified atom stereocenters. The molecule has 0 aromatic carbocycles. The Morgan fingerprint density at radius 1 is 1.50 bits per heavy atom. The van der Waals surface area contributed by atoms with Crippen LogP contribution in [0.3, 0.4) is 0 Å². The number of halogens is 1.